The van der Waals surface area contributed by atoms with E-state index in [0.717, 1.165) is 28.7 Å². The number of hydrogen-bond acceptors (Lipinski definition) is 5. The maximum absolute atomic E-state index is 15.1. The van der Waals surface area contributed by atoms with Crippen LogP contribution >= 0.6 is 0 Å². The van der Waals surface area contributed by atoms with Crippen molar-refractivity contribution in [1.82, 2.24) is 4.98 Å². The number of pyridine rings is 1. The van der Waals surface area contributed by atoms with Crippen molar-refractivity contribution >= 4 is 5.97 Å². The van der Waals surface area contributed by atoms with Gasteiger partial charge >= 0.3 is 5.97 Å². The van der Waals surface area contributed by atoms with Gasteiger partial charge in [0.2, 0.25) is 0 Å². The zero-order valence-corrected chi connectivity index (χ0v) is 20.6. The third-order valence-corrected chi connectivity index (χ3v) is 6.76. The molecular weight excluding hydrogens is 473 g/mol. The predicted octanol–water partition coefficient (Wildman–Crippen LogP) is 5.70. The topological polar surface area (TPSA) is 77.9 Å². The van der Waals surface area contributed by atoms with E-state index in [1.807, 2.05) is 18.2 Å². The second-order valence-electron chi connectivity index (χ2n) is 9.26. The molecule has 1 fully saturated rings. The Morgan fingerprint density at radius 2 is 2.00 bits per heavy atom. The van der Waals surface area contributed by atoms with Gasteiger partial charge in [0.05, 0.1) is 31.7 Å². The van der Waals surface area contributed by atoms with E-state index in [9.17, 15) is 9.90 Å². The molecule has 1 aliphatic carbocycles. The van der Waals surface area contributed by atoms with Gasteiger partial charge in [0.15, 0.2) is 0 Å². The lowest BCUT2D eigenvalue weighted by Gasteiger charge is -2.18. The standard InChI is InChI=1S/C30H28FNO5/c1-2-3-20(15-29(33)34)19-4-6-22(7-5-19)37-28-11-9-26-25(8-10-27(31)30(26)28)21-14-24(17-32-16-21)36-23-12-13-35-18-23/h4-8,10,14,16-17,20,23,28H,9,11-13,15,18H2,1H3,(H,33,34)/t20-,23+,28+/m0/s1. The highest BCUT2D eigenvalue weighted by Crippen LogP contribution is 2.42. The van der Waals surface area contributed by atoms with Gasteiger partial charge in [-0.05, 0) is 60.7 Å². The van der Waals surface area contributed by atoms with E-state index in [1.54, 1.807) is 37.5 Å². The monoisotopic (exact) mass is 501 g/mol. The van der Waals surface area contributed by atoms with Crippen molar-refractivity contribution in [2.45, 2.75) is 50.7 Å². The molecule has 0 spiro atoms. The Bertz CT molecular complexity index is 1340. The lowest BCUT2D eigenvalue weighted by atomic mass is 9.96. The van der Waals surface area contributed by atoms with Crippen LogP contribution in [0.2, 0.25) is 0 Å². The minimum absolute atomic E-state index is 0.0218. The highest BCUT2D eigenvalue weighted by atomic mass is 19.1. The molecule has 1 aliphatic heterocycles. The van der Waals surface area contributed by atoms with Crippen molar-refractivity contribution in [2.75, 3.05) is 13.2 Å². The number of carbonyl (C=O) groups is 1. The summed E-state index contributed by atoms with van der Waals surface area (Å²) >= 11 is 0. The Kier molecular flexibility index (Phi) is 7.38. The second-order valence-corrected chi connectivity index (χ2v) is 9.26. The van der Waals surface area contributed by atoms with Crippen LogP contribution < -0.4 is 9.47 Å². The number of benzene rings is 2. The summed E-state index contributed by atoms with van der Waals surface area (Å²) in [5.41, 5.74) is 4.10. The lowest BCUT2D eigenvalue weighted by Crippen LogP contribution is -2.15. The van der Waals surface area contributed by atoms with Gasteiger partial charge in [-0.15, -0.1) is 5.92 Å². The largest absolute Gasteiger partial charge is 0.486 e. The van der Waals surface area contributed by atoms with Gasteiger partial charge in [-0.2, -0.15) is 0 Å². The van der Waals surface area contributed by atoms with Crippen LogP contribution in [0, 0.1) is 17.7 Å². The van der Waals surface area contributed by atoms with Gasteiger partial charge in [-0.3, -0.25) is 9.78 Å². The first kappa shape index (κ1) is 24.8. The summed E-state index contributed by atoms with van der Waals surface area (Å²) in [4.78, 5) is 15.5. The third-order valence-electron chi connectivity index (χ3n) is 6.76. The summed E-state index contributed by atoms with van der Waals surface area (Å²) in [6, 6.07) is 12.4. The summed E-state index contributed by atoms with van der Waals surface area (Å²) in [7, 11) is 0. The molecule has 0 unspecified atom stereocenters. The highest BCUT2D eigenvalue weighted by molar-refractivity contribution is 5.71. The maximum atomic E-state index is 15.1. The molecule has 1 N–H and O–H groups in total. The smallest absolute Gasteiger partial charge is 0.304 e. The zero-order chi connectivity index (χ0) is 25.8. The number of carboxylic acids is 1. The fraction of sp³-hybridized carbons (Fsp3) is 0.333. The highest BCUT2D eigenvalue weighted by Gasteiger charge is 2.30. The fourth-order valence-corrected chi connectivity index (χ4v) is 5.03. The van der Waals surface area contributed by atoms with Gasteiger partial charge in [-0.25, -0.2) is 4.39 Å². The summed E-state index contributed by atoms with van der Waals surface area (Å²) < 4.78 is 32.7. The Morgan fingerprint density at radius 1 is 1.16 bits per heavy atom. The number of carboxylic acid groups (broad SMARTS) is 1. The van der Waals surface area contributed by atoms with Crippen LogP contribution in [0.15, 0.2) is 54.9 Å². The van der Waals surface area contributed by atoms with E-state index in [-0.39, 0.29) is 18.3 Å². The van der Waals surface area contributed by atoms with E-state index in [2.05, 4.69) is 16.8 Å². The molecule has 37 heavy (non-hydrogen) atoms. The Hall–Kier alpha value is -3.89. The first-order chi connectivity index (χ1) is 18.0. The van der Waals surface area contributed by atoms with E-state index in [1.165, 1.54) is 6.07 Å². The minimum Gasteiger partial charge on any atom is -0.486 e. The van der Waals surface area contributed by atoms with E-state index >= 15 is 4.39 Å². The second kappa shape index (κ2) is 11.0. The molecule has 0 saturated carbocycles. The number of fused-ring (bicyclic) bond motifs is 1. The summed E-state index contributed by atoms with van der Waals surface area (Å²) in [6.07, 6.45) is 5.17. The molecule has 190 valence electrons. The number of rotatable bonds is 8. The molecule has 3 aromatic rings. The summed E-state index contributed by atoms with van der Waals surface area (Å²) in [5.74, 6) is 5.43. The Morgan fingerprint density at radius 3 is 2.73 bits per heavy atom. The molecule has 2 aliphatic rings. The predicted molar refractivity (Wildman–Crippen MR) is 136 cm³/mol. The average molecular weight is 502 g/mol. The van der Waals surface area contributed by atoms with Crippen LogP contribution in [-0.4, -0.2) is 35.4 Å². The third kappa shape index (κ3) is 5.60. The number of nitrogens with zero attached hydrogens (tertiary/aromatic N) is 1. The fourth-order valence-electron chi connectivity index (χ4n) is 5.03. The van der Waals surface area contributed by atoms with Gasteiger partial charge in [-0.1, -0.05) is 24.1 Å². The normalized spacial score (nSPS) is 19.0. The SMILES string of the molecule is CC#C[C@@H](CC(=O)O)c1ccc(O[C@@H]2CCc3c(-c4cncc(O[C@@H]5CCOC5)c4)ccc(F)c32)cc1. The van der Waals surface area contributed by atoms with Crippen LogP contribution in [0.4, 0.5) is 4.39 Å². The molecule has 2 aromatic carbocycles. The lowest BCUT2D eigenvalue weighted by molar-refractivity contribution is -0.137. The summed E-state index contributed by atoms with van der Waals surface area (Å²) in [5, 5.41) is 9.17. The molecule has 3 atom stereocenters. The van der Waals surface area contributed by atoms with Crippen molar-refractivity contribution in [3.63, 3.8) is 0 Å². The van der Waals surface area contributed by atoms with Crippen molar-refractivity contribution in [2.24, 2.45) is 0 Å². The number of ether oxygens (including phenoxy) is 3. The van der Waals surface area contributed by atoms with E-state index < -0.39 is 18.0 Å². The average Bonchev–Trinajstić information content (AvgIpc) is 3.55. The molecule has 1 aromatic heterocycles. The quantitative estimate of drug-likeness (QED) is 0.399. The van der Waals surface area contributed by atoms with Crippen molar-refractivity contribution < 1.29 is 28.5 Å². The van der Waals surface area contributed by atoms with Crippen LogP contribution in [-0.2, 0) is 16.0 Å². The molecular formula is C30H28FNO5. The molecule has 6 nitrogen and oxygen atoms in total. The first-order valence-corrected chi connectivity index (χ1v) is 12.4. The number of halogens is 1. The van der Waals surface area contributed by atoms with Crippen LogP contribution in [0.5, 0.6) is 11.5 Å². The zero-order valence-electron chi connectivity index (χ0n) is 20.6. The molecule has 0 bridgehead atoms. The van der Waals surface area contributed by atoms with E-state index in [4.69, 9.17) is 14.2 Å². The van der Waals surface area contributed by atoms with Gasteiger partial charge in [0, 0.05) is 23.7 Å². The van der Waals surface area contributed by atoms with Crippen molar-refractivity contribution in [3.05, 3.63) is 77.4 Å². The molecule has 0 radical (unpaired) electrons. The van der Waals surface area contributed by atoms with Crippen LogP contribution in [0.3, 0.4) is 0 Å². The molecule has 1 saturated heterocycles. The maximum Gasteiger partial charge on any atom is 0.304 e. The van der Waals surface area contributed by atoms with Crippen molar-refractivity contribution in [1.29, 1.82) is 0 Å². The first-order valence-electron chi connectivity index (χ1n) is 12.4. The Labute approximate surface area is 215 Å². The molecule has 5 rings (SSSR count). The Balaban J connectivity index is 1.36. The summed E-state index contributed by atoms with van der Waals surface area (Å²) in [6.45, 7) is 2.96. The minimum atomic E-state index is -0.901. The van der Waals surface area contributed by atoms with Gasteiger partial charge in [0.1, 0.15) is 29.5 Å². The van der Waals surface area contributed by atoms with Crippen LogP contribution in [0.25, 0.3) is 11.1 Å². The molecule has 7 heteroatoms. The van der Waals surface area contributed by atoms with Gasteiger partial charge < -0.3 is 19.3 Å². The molecule has 2 heterocycles. The number of hydrogen-bond donors (Lipinski definition) is 1. The van der Waals surface area contributed by atoms with E-state index in [0.29, 0.717) is 43.1 Å². The number of aliphatic carboxylic acids is 1. The number of aromatic nitrogens is 1. The van der Waals surface area contributed by atoms with Gasteiger partial charge in [0.25, 0.3) is 0 Å². The van der Waals surface area contributed by atoms with Crippen LogP contribution in [0.1, 0.15) is 54.9 Å². The molecule has 0 amide bonds. The van der Waals surface area contributed by atoms with Crippen molar-refractivity contribution in [3.8, 4) is 34.5 Å².